The minimum atomic E-state index is -4.26. The lowest BCUT2D eigenvalue weighted by Gasteiger charge is -2.17. The van der Waals surface area contributed by atoms with Crippen LogP contribution < -0.4 is 5.32 Å². The van der Waals surface area contributed by atoms with Crippen LogP contribution in [0.4, 0.5) is 18.9 Å². The highest BCUT2D eigenvalue weighted by atomic mass is 19.4. The predicted octanol–water partition coefficient (Wildman–Crippen LogP) is 4.94. The van der Waals surface area contributed by atoms with E-state index in [1.165, 1.54) is 12.1 Å². The zero-order valence-corrected chi connectivity index (χ0v) is 11.0. The van der Waals surface area contributed by atoms with E-state index in [0.29, 0.717) is 5.92 Å². The molecule has 0 aliphatic carbocycles. The van der Waals surface area contributed by atoms with Gasteiger partial charge in [-0.25, -0.2) is 0 Å². The lowest BCUT2D eigenvalue weighted by Crippen LogP contribution is -2.16. The Kier molecular flexibility index (Phi) is 5.05. The van der Waals surface area contributed by atoms with Gasteiger partial charge in [-0.1, -0.05) is 13.8 Å². The van der Waals surface area contributed by atoms with Gasteiger partial charge in [-0.3, -0.25) is 0 Å². The molecule has 0 aliphatic heterocycles. The van der Waals surface area contributed by atoms with Crippen LogP contribution in [0.1, 0.15) is 39.2 Å². The first-order valence-electron chi connectivity index (χ1n) is 6.23. The van der Waals surface area contributed by atoms with Crippen LogP contribution in [0, 0.1) is 5.92 Å². The minimum absolute atomic E-state index is 0.268. The zero-order valence-electron chi connectivity index (χ0n) is 11.0. The van der Waals surface area contributed by atoms with Gasteiger partial charge in [0.05, 0.1) is 5.56 Å². The summed E-state index contributed by atoms with van der Waals surface area (Å²) in [6.07, 6.45) is -2.14. The first-order chi connectivity index (χ1) is 8.29. The molecule has 102 valence electrons. The molecule has 1 N–H and O–H groups in total. The summed E-state index contributed by atoms with van der Waals surface area (Å²) in [6, 6.07) is 5.45. The fourth-order valence-electron chi connectivity index (χ4n) is 1.70. The largest absolute Gasteiger partial charge is 0.416 e. The highest BCUT2D eigenvalue weighted by molar-refractivity contribution is 5.45. The average Bonchev–Trinajstić information content (AvgIpc) is 2.26. The van der Waals surface area contributed by atoms with Gasteiger partial charge in [-0.05, 0) is 49.9 Å². The molecule has 4 heteroatoms. The lowest BCUT2D eigenvalue weighted by atomic mass is 10.0. The molecular weight excluding hydrogens is 239 g/mol. The summed E-state index contributed by atoms with van der Waals surface area (Å²) >= 11 is 0. The average molecular weight is 259 g/mol. The molecule has 0 aliphatic rings. The topological polar surface area (TPSA) is 12.0 Å². The first-order valence-corrected chi connectivity index (χ1v) is 6.23. The van der Waals surface area contributed by atoms with Crippen LogP contribution in [0.3, 0.4) is 0 Å². The lowest BCUT2D eigenvalue weighted by molar-refractivity contribution is -0.137. The summed E-state index contributed by atoms with van der Waals surface area (Å²) in [6.45, 7) is 6.36. The molecule has 0 fully saturated rings. The monoisotopic (exact) mass is 259 g/mol. The fourth-order valence-corrected chi connectivity index (χ4v) is 1.70. The van der Waals surface area contributed by atoms with Crippen molar-refractivity contribution in [3.05, 3.63) is 29.8 Å². The van der Waals surface area contributed by atoms with Crippen LogP contribution in [0.5, 0.6) is 0 Å². The van der Waals surface area contributed by atoms with Crippen molar-refractivity contribution in [3.8, 4) is 0 Å². The molecule has 1 nitrogen and oxygen atoms in total. The van der Waals surface area contributed by atoms with E-state index >= 15 is 0 Å². The Bertz CT molecular complexity index is 354. The van der Waals surface area contributed by atoms with Crippen molar-refractivity contribution in [1.82, 2.24) is 0 Å². The SMILES string of the molecule is CC(C)CCC(C)Nc1ccc(C(F)(F)F)cc1. The molecule has 0 aromatic heterocycles. The molecule has 0 amide bonds. The number of hydrogen-bond donors (Lipinski definition) is 1. The van der Waals surface area contributed by atoms with Crippen molar-refractivity contribution in [2.45, 2.75) is 45.8 Å². The van der Waals surface area contributed by atoms with Crippen LogP contribution in [-0.4, -0.2) is 6.04 Å². The second-order valence-electron chi connectivity index (χ2n) is 5.09. The Hall–Kier alpha value is -1.19. The minimum Gasteiger partial charge on any atom is -0.383 e. The van der Waals surface area contributed by atoms with Gasteiger partial charge >= 0.3 is 6.18 Å². The first kappa shape index (κ1) is 14.9. The predicted molar refractivity (Wildman–Crippen MR) is 68.6 cm³/mol. The van der Waals surface area contributed by atoms with Crippen molar-refractivity contribution in [2.75, 3.05) is 5.32 Å². The van der Waals surface area contributed by atoms with Gasteiger partial charge < -0.3 is 5.32 Å². The van der Waals surface area contributed by atoms with Crippen molar-refractivity contribution in [3.63, 3.8) is 0 Å². The molecule has 0 radical (unpaired) electrons. The normalized spacial score (nSPS) is 13.7. The third-order valence-corrected chi connectivity index (χ3v) is 2.80. The van der Waals surface area contributed by atoms with Gasteiger partial charge in [0.2, 0.25) is 0 Å². The highest BCUT2D eigenvalue weighted by Crippen LogP contribution is 2.30. The number of hydrogen-bond acceptors (Lipinski definition) is 1. The number of anilines is 1. The molecule has 1 rings (SSSR count). The van der Waals surface area contributed by atoms with Crippen LogP contribution in [0.25, 0.3) is 0 Å². The van der Waals surface area contributed by atoms with Crippen molar-refractivity contribution in [2.24, 2.45) is 5.92 Å². The molecular formula is C14H20F3N. The van der Waals surface area contributed by atoms with Gasteiger partial charge in [0.25, 0.3) is 0 Å². The van der Waals surface area contributed by atoms with E-state index in [1.807, 2.05) is 6.92 Å². The number of nitrogens with one attached hydrogen (secondary N) is 1. The number of alkyl halides is 3. The molecule has 0 saturated heterocycles. The Morgan fingerprint density at radius 3 is 2.00 bits per heavy atom. The Morgan fingerprint density at radius 2 is 1.56 bits per heavy atom. The van der Waals surface area contributed by atoms with E-state index < -0.39 is 11.7 Å². The molecule has 0 spiro atoms. The van der Waals surface area contributed by atoms with Crippen molar-refractivity contribution >= 4 is 5.69 Å². The Balaban J connectivity index is 2.53. The Morgan fingerprint density at radius 1 is 1.00 bits per heavy atom. The van der Waals surface area contributed by atoms with E-state index in [9.17, 15) is 13.2 Å². The van der Waals surface area contributed by atoms with Crippen molar-refractivity contribution in [1.29, 1.82) is 0 Å². The van der Waals surface area contributed by atoms with Crippen molar-refractivity contribution < 1.29 is 13.2 Å². The number of halogens is 3. The van der Waals surface area contributed by atoms with Gasteiger partial charge in [0.1, 0.15) is 0 Å². The second kappa shape index (κ2) is 6.12. The highest BCUT2D eigenvalue weighted by Gasteiger charge is 2.29. The standard InChI is InChI=1S/C14H20F3N/c1-10(2)4-5-11(3)18-13-8-6-12(7-9-13)14(15,16)17/h6-11,18H,4-5H2,1-3H3. The van der Waals surface area contributed by atoms with Gasteiger partial charge in [-0.15, -0.1) is 0 Å². The smallest absolute Gasteiger partial charge is 0.383 e. The van der Waals surface area contributed by atoms with E-state index in [4.69, 9.17) is 0 Å². The Labute approximate surface area is 106 Å². The van der Waals surface area contributed by atoms with E-state index in [-0.39, 0.29) is 6.04 Å². The summed E-state index contributed by atoms with van der Waals surface area (Å²) in [4.78, 5) is 0. The summed E-state index contributed by atoms with van der Waals surface area (Å²) in [7, 11) is 0. The molecule has 0 saturated carbocycles. The van der Waals surface area contributed by atoms with Gasteiger partial charge in [0, 0.05) is 11.7 Å². The molecule has 0 bridgehead atoms. The molecule has 1 atom stereocenters. The molecule has 1 unspecified atom stereocenters. The van der Waals surface area contributed by atoms with Crippen LogP contribution in [-0.2, 0) is 6.18 Å². The van der Waals surface area contributed by atoms with E-state index in [0.717, 1.165) is 30.7 Å². The quantitative estimate of drug-likeness (QED) is 0.789. The van der Waals surface area contributed by atoms with Crippen LogP contribution in [0.2, 0.25) is 0 Å². The summed E-state index contributed by atoms with van der Waals surface area (Å²) < 4.78 is 37.1. The molecule has 1 aromatic carbocycles. The molecule has 18 heavy (non-hydrogen) atoms. The summed E-state index contributed by atoms with van der Waals surface area (Å²) in [5.41, 5.74) is 0.127. The fraction of sp³-hybridized carbons (Fsp3) is 0.571. The van der Waals surface area contributed by atoms with E-state index in [2.05, 4.69) is 19.2 Å². The maximum absolute atomic E-state index is 12.4. The maximum atomic E-state index is 12.4. The molecule has 0 heterocycles. The number of rotatable bonds is 5. The maximum Gasteiger partial charge on any atom is 0.416 e. The van der Waals surface area contributed by atoms with Gasteiger partial charge in [0.15, 0.2) is 0 Å². The molecule has 1 aromatic rings. The van der Waals surface area contributed by atoms with Gasteiger partial charge in [-0.2, -0.15) is 13.2 Å². The summed E-state index contributed by atoms with van der Waals surface area (Å²) in [5, 5.41) is 3.21. The van der Waals surface area contributed by atoms with E-state index in [1.54, 1.807) is 0 Å². The van der Waals surface area contributed by atoms with Crippen LogP contribution >= 0.6 is 0 Å². The second-order valence-corrected chi connectivity index (χ2v) is 5.09. The zero-order chi connectivity index (χ0) is 13.8. The third-order valence-electron chi connectivity index (χ3n) is 2.80. The van der Waals surface area contributed by atoms with Crippen LogP contribution in [0.15, 0.2) is 24.3 Å². The third kappa shape index (κ3) is 4.98. The summed E-state index contributed by atoms with van der Waals surface area (Å²) in [5.74, 6) is 0.641. The number of benzene rings is 1.